The van der Waals surface area contributed by atoms with E-state index in [1.54, 1.807) is 0 Å². The molecule has 0 amide bonds. The Bertz CT molecular complexity index is 268. The molecule has 0 N–H and O–H groups in total. The molecule has 17 heavy (non-hydrogen) atoms. The second-order valence-electron chi connectivity index (χ2n) is 5.65. The summed E-state index contributed by atoms with van der Waals surface area (Å²) in [5, 5.41) is 0. The van der Waals surface area contributed by atoms with Gasteiger partial charge >= 0.3 is 11.9 Å². The largest absolute Gasteiger partial charge is 0.469 e. The minimum atomic E-state index is -0.192. The van der Waals surface area contributed by atoms with E-state index in [0.29, 0.717) is 12.8 Å². The lowest BCUT2D eigenvalue weighted by molar-refractivity contribution is -0.145. The van der Waals surface area contributed by atoms with Gasteiger partial charge in [-0.1, -0.05) is 13.8 Å². The molecular formula is C13H22O4. The van der Waals surface area contributed by atoms with Gasteiger partial charge in [-0.25, -0.2) is 0 Å². The van der Waals surface area contributed by atoms with Crippen molar-refractivity contribution in [3.8, 4) is 0 Å². The van der Waals surface area contributed by atoms with Crippen molar-refractivity contribution < 1.29 is 19.1 Å². The molecular weight excluding hydrogens is 220 g/mol. The number of carbonyl (C=O) groups is 2. The Kier molecular flexibility index (Phi) is 4.54. The number of hydrogen-bond donors (Lipinski definition) is 0. The molecule has 0 unspecified atom stereocenters. The fourth-order valence-corrected chi connectivity index (χ4v) is 2.91. The summed E-state index contributed by atoms with van der Waals surface area (Å²) in [6, 6.07) is 0. The van der Waals surface area contributed by atoms with Crippen LogP contribution in [0.3, 0.4) is 0 Å². The molecule has 0 aromatic heterocycles. The lowest BCUT2D eigenvalue weighted by Gasteiger charge is -2.16. The highest BCUT2D eigenvalue weighted by atomic mass is 16.5. The highest BCUT2D eigenvalue weighted by molar-refractivity contribution is 5.71. The fraction of sp³-hybridized carbons (Fsp3) is 0.846. The van der Waals surface area contributed by atoms with Gasteiger partial charge in [0.25, 0.3) is 0 Å². The van der Waals surface area contributed by atoms with Crippen LogP contribution in [0, 0.1) is 17.3 Å². The van der Waals surface area contributed by atoms with Crippen LogP contribution in [0.15, 0.2) is 0 Å². The van der Waals surface area contributed by atoms with Crippen LogP contribution in [0.2, 0.25) is 0 Å². The monoisotopic (exact) mass is 242 g/mol. The molecule has 4 heteroatoms. The normalized spacial score (nSPS) is 26.6. The summed E-state index contributed by atoms with van der Waals surface area (Å²) in [5.41, 5.74) is 0.192. The van der Waals surface area contributed by atoms with Crippen molar-refractivity contribution in [1.82, 2.24) is 0 Å². The van der Waals surface area contributed by atoms with Crippen LogP contribution in [-0.4, -0.2) is 26.2 Å². The van der Waals surface area contributed by atoms with E-state index in [9.17, 15) is 9.59 Å². The van der Waals surface area contributed by atoms with E-state index in [0.717, 1.165) is 12.8 Å². The second kappa shape index (κ2) is 5.52. The first kappa shape index (κ1) is 14.0. The van der Waals surface area contributed by atoms with Crippen LogP contribution in [0.4, 0.5) is 0 Å². The number of ether oxygens (including phenoxy) is 2. The Morgan fingerprint density at radius 2 is 1.35 bits per heavy atom. The molecule has 0 heterocycles. The van der Waals surface area contributed by atoms with Gasteiger partial charge in [-0.3, -0.25) is 9.59 Å². The quantitative estimate of drug-likeness (QED) is 0.709. The predicted octanol–water partition coefficient (Wildman–Crippen LogP) is 2.17. The summed E-state index contributed by atoms with van der Waals surface area (Å²) in [7, 11) is 2.80. The van der Waals surface area contributed by atoms with Crippen molar-refractivity contribution in [2.75, 3.05) is 14.2 Å². The maximum atomic E-state index is 11.3. The Morgan fingerprint density at radius 1 is 1.00 bits per heavy atom. The zero-order chi connectivity index (χ0) is 13.1. The summed E-state index contributed by atoms with van der Waals surface area (Å²) in [4.78, 5) is 22.7. The van der Waals surface area contributed by atoms with Gasteiger partial charge < -0.3 is 9.47 Å². The van der Waals surface area contributed by atoms with Gasteiger partial charge in [-0.15, -0.1) is 0 Å². The van der Waals surface area contributed by atoms with Crippen LogP contribution in [0.25, 0.3) is 0 Å². The molecule has 4 nitrogen and oxygen atoms in total. The molecule has 98 valence electrons. The van der Waals surface area contributed by atoms with E-state index >= 15 is 0 Å². The number of esters is 2. The first-order valence-electron chi connectivity index (χ1n) is 6.01. The van der Waals surface area contributed by atoms with Gasteiger partial charge in [-0.2, -0.15) is 0 Å². The van der Waals surface area contributed by atoms with E-state index in [-0.39, 0.29) is 29.2 Å². The van der Waals surface area contributed by atoms with Crippen LogP contribution in [0.1, 0.15) is 39.5 Å². The highest BCUT2D eigenvalue weighted by Gasteiger charge is 2.41. The third-order valence-electron chi connectivity index (χ3n) is 3.61. The summed E-state index contributed by atoms with van der Waals surface area (Å²) >= 11 is 0. The maximum absolute atomic E-state index is 11.3. The molecule has 0 bridgehead atoms. The maximum Gasteiger partial charge on any atom is 0.305 e. The standard InChI is InChI=1S/C13H22O4/c1-13(2)7-9(5-11(14)16-3)10(8-13)6-12(15)17-4/h9-10H,5-8H2,1-4H3/t9-,10-/m0/s1. The SMILES string of the molecule is COC(=O)C[C@H]1CC(C)(C)C[C@@H]1CC(=O)OC. The van der Waals surface area contributed by atoms with Crippen LogP contribution >= 0.6 is 0 Å². The Labute approximate surface area is 103 Å². The Balaban J connectivity index is 2.64. The number of carbonyl (C=O) groups excluding carboxylic acids is 2. The van der Waals surface area contributed by atoms with Crippen LogP contribution in [0.5, 0.6) is 0 Å². The molecule has 0 aliphatic heterocycles. The summed E-state index contributed by atoms with van der Waals surface area (Å²) in [6.07, 6.45) is 2.73. The molecule has 1 fully saturated rings. The molecule has 0 aromatic rings. The average Bonchev–Trinajstić information content (AvgIpc) is 2.52. The topological polar surface area (TPSA) is 52.6 Å². The molecule has 1 aliphatic rings. The molecule has 1 saturated carbocycles. The van der Waals surface area contributed by atoms with E-state index in [1.165, 1.54) is 14.2 Å². The third-order valence-corrected chi connectivity index (χ3v) is 3.61. The molecule has 2 atom stereocenters. The predicted molar refractivity (Wildman–Crippen MR) is 63.3 cm³/mol. The van der Waals surface area contributed by atoms with E-state index in [1.807, 2.05) is 0 Å². The van der Waals surface area contributed by atoms with Gasteiger partial charge in [-0.05, 0) is 30.1 Å². The van der Waals surface area contributed by atoms with E-state index < -0.39 is 0 Å². The number of methoxy groups -OCH3 is 2. The fourth-order valence-electron chi connectivity index (χ4n) is 2.91. The summed E-state index contributed by atoms with van der Waals surface area (Å²) in [6.45, 7) is 4.35. The van der Waals surface area contributed by atoms with Gasteiger partial charge in [0.05, 0.1) is 14.2 Å². The highest BCUT2D eigenvalue weighted by Crippen LogP contribution is 2.47. The minimum Gasteiger partial charge on any atom is -0.469 e. The second-order valence-corrected chi connectivity index (χ2v) is 5.65. The molecule has 1 rings (SSSR count). The zero-order valence-electron chi connectivity index (χ0n) is 11.1. The van der Waals surface area contributed by atoms with E-state index in [2.05, 4.69) is 13.8 Å². The smallest absolute Gasteiger partial charge is 0.305 e. The molecule has 0 aromatic carbocycles. The minimum absolute atomic E-state index is 0.192. The van der Waals surface area contributed by atoms with Gasteiger partial charge in [0.15, 0.2) is 0 Å². The van der Waals surface area contributed by atoms with Crippen molar-refractivity contribution in [2.24, 2.45) is 17.3 Å². The summed E-state index contributed by atoms with van der Waals surface area (Å²) in [5.74, 6) is 0.0817. The van der Waals surface area contributed by atoms with Crippen LogP contribution < -0.4 is 0 Å². The van der Waals surface area contributed by atoms with Crippen LogP contribution in [-0.2, 0) is 19.1 Å². The molecule has 1 aliphatic carbocycles. The van der Waals surface area contributed by atoms with Crippen molar-refractivity contribution in [1.29, 1.82) is 0 Å². The zero-order valence-corrected chi connectivity index (χ0v) is 11.1. The summed E-state index contributed by atoms with van der Waals surface area (Å²) < 4.78 is 9.41. The lowest BCUT2D eigenvalue weighted by Crippen LogP contribution is -2.17. The number of hydrogen-bond acceptors (Lipinski definition) is 4. The van der Waals surface area contributed by atoms with Gasteiger partial charge in [0, 0.05) is 12.8 Å². The van der Waals surface area contributed by atoms with Crippen molar-refractivity contribution >= 4 is 11.9 Å². The third kappa shape index (κ3) is 4.02. The Morgan fingerprint density at radius 3 is 1.65 bits per heavy atom. The first-order valence-corrected chi connectivity index (χ1v) is 6.01. The first-order chi connectivity index (χ1) is 7.88. The lowest BCUT2D eigenvalue weighted by atomic mass is 9.90. The van der Waals surface area contributed by atoms with Crippen molar-refractivity contribution in [2.45, 2.75) is 39.5 Å². The molecule has 0 radical (unpaired) electrons. The molecule has 0 spiro atoms. The van der Waals surface area contributed by atoms with Gasteiger partial charge in [0.2, 0.25) is 0 Å². The number of rotatable bonds is 4. The Hall–Kier alpha value is -1.06. The van der Waals surface area contributed by atoms with Crippen molar-refractivity contribution in [3.63, 3.8) is 0 Å². The molecule has 0 saturated heterocycles. The van der Waals surface area contributed by atoms with E-state index in [4.69, 9.17) is 9.47 Å². The van der Waals surface area contributed by atoms with Gasteiger partial charge in [0.1, 0.15) is 0 Å². The van der Waals surface area contributed by atoms with Crippen molar-refractivity contribution in [3.05, 3.63) is 0 Å². The average molecular weight is 242 g/mol.